The Kier molecular flexibility index (Phi) is 4.85. The third-order valence-corrected chi connectivity index (χ3v) is 3.12. The van der Waals surface area contributed by atoms with Gasteiger partial charge < -0.3 is 5.32 Å². The van der Waals surface area contributed by atoms with Crippen LogP contribution in [0.25, 0.3) is 6.08 Å². The highest BCUT2D eigenvalue weighted by molar-refractivity contribution is 9.10. The number of hydrogen-bond acceptors (Lipinski definition) is 2. The van der Waals surface area contributed by atoms with E-state index >= 15 is 0 Å². The van der Waals surface area contributed by atoms with E-state index in [1.165, 1.54) is 30.3 Å². The Labute approximate surface area is 129 Å². The van der Waals surface area contributed by atoms with Crippen LogP contribution < -0.4 is 5.32 Å². The van der Waals surface area contributed by atoms with Crippen LogP contribution in [0.1, 0.15) is 5.56 Å². The summed E-state index contributed by atoms with van der Waals surface area (Å²) < 4.78 is 13.6. The quantitative estimate of drug-likeness (QED) is 0.672. The van der Waals surface area contributed by atoms with Crippen LogP contribution >= 0.6 is 15.9 Å². The Morgan fingerprint density at radius 2 is 1.95 bits per heavy atom. The molecule has 0 heterocycles. The van der Waals surface area contributed by atoms with E-state index in [2.05, 4.69) is 21.2 Å². The van der Waals surface area contributed by atoms with Gasteiger partial charge >= 0.3 is 0 Å². The van der Waals surface area contributed by atoms with E-state index < -0.39 is 5.91 Å². The lowest BCUT2D eigenvalue weighted by molar-refractivity contribution is -0.112. The smallest absolute Gasteiger partial charge is 0.266 e. The summed E-state index contributed by atoms with van der Waals surface area (Å²) in [4.78, 5) is 12.0. The van der Waals surface area contributed by atoms with Crippen molar-refractivity contribution in [1.82, 2.24) is 0 Å². The molecule has 2 rings (SSSR count). The van der Waals surface area contributed by atoms with Gasteiger partial charge in [0.2, 0.25) is 0 Å². The van der Waals surface area contributed by atoms with Gasteiger partial charge in [-0.05, 0) is 42.0 Å². The molecule has 2 aromatic carbocycles. The minimum Gasteiger partial charge on any atom is -0.321 e. The Balaban J connectivity index is 2.19. The van der Waals surface area contributed by atoms with Crippen molar-refractivity contribution in [2.45, 2.75) is 0 Å². The molecule has 1 N–H and O–H groups in total. The molecule has 0 radical (unpaired) electrons. The third kappa shape index (κ3) is 4.26. The molecule has 0 aliphatic carbocycles. The highest BCUT2D eigenvalue weighted by Gasteiger charge is 2.09. The van der Waals surface area contributed by atoms with E-state index in [0.717, 1.165) is 4.47 Å². The predicted molar refractivity (Wildman–Crippen MR) is 82.8 cm³/mol. The van der Waals surface area contributed by atoms with Crippen LogP contribution in [0.2, 0.25) is 0 Å². The predicted octanol–water partition coefficient (Wildman–Crippen LogP) is 4.13. The van der Waals surface area contributed by atoms with Gasteiger partial charge in [-0.1, -0.05) is 34.1 Å². The minimum absolute atomic E-state index is 0.0541. The Bertz CT molecular complexity index is 733. The molecule has 0 saturated heterocycles. The van der Waals surface area contributed by atoms with Crippen molar-refractivity contribution in [3.63, 3.8) is 0 Å². The first-order valence-corrected chi connectivity index (χ1v) is 6.82. The van der Waals surface area contributed by atoms with Crippen LogP contribution in [0.15, 0.2) is 58.6 Å². The number of carbonyl (C=O) groups excluding carboxylic acids is 1. The maximum absolute atomic E-state index is 12.8. The van der Waals surface area contributed by atoms with Crippen LogP contribution in [-0.4, -0.2) is 5.91 Å². The number of anilines is 1. The number of amides is 1. The number of hydrogen-bond donors (Lipinski definition) is 1. The van der Waals surface area contributed by atoms with Gasteiger partial charge in [-0.2, -0.15) is 5.26 Å². The van der Waals surface area contributed by atoms with Crippen molar-refractivity contribution in [3.05, 3.63) is 70.0 Å². The van der Waals surface area contributed by atoms with Gasteiger partial charge in [0.15, 0.2) is 0 Å². The second-order valence-corrected chi connectivity index (χ2v) is 5.10. The zero-order chi connectivity index (χ0) is 15.2. The molecule has 104 valence electrons. The van der Waals surface area contributed by atoms with Crippen molar-refractivity contribution < 1.29 is 9.18 Å². The standard InChI is InChI=1S/C16H10BrFN2O/c17-13-2-1-3-15(9-13)20-16(21)12(10-19)8-11-4-6-14(18)7-5-11/h1-9H,(H,20,21)/b12-8+. The Morgan fingerprint density at radius 1 is 1.24 bits per heavy atom. The zero-order valence-corrected chi connectivity index (χ0v) is 12.4. The number of nitrogens with zero attached hydrogens (tertiary/aromatic N) is 1. The number of rotatable bonds is 3. The Morgan fingerprint density at radius 3 is 2.57 bits per heavy atom. The number of benzene rings is 2. The third-order valence-electron chi connectivity index (χ3n) is 2.63. The lowest BCUT2D eigenvalue weighted by Crippen LogP contribution is -2.13. The zero-order valence-electron chi connectivity index (χ0n) is 10.8. The monoisotopic (exact) mass is 344 g/mol. The van der Waals surface area contributed by atoms with Gasteiger partial charge in [-0.15, -0.1) is 0 Å². The van der Waals surface area contributed by atoms with Crippen molar-refractivity contribution >= 4 is 33.6 Å². The number of nitriles is 1. The van der Waals surface area contributed by atoms with Crippen LogP contribution in [0, 0.1) is 17.1 Å². The summed E-state index contributed by atoms with van der Waals surface area (Å²) in [6.45, 7) is 0. The molecule has 0 bridgehead atoms. The van der Waals surface area contributed by atoms with Crippen molar-refractivity contribution in [2.75, 3.05) is 5.32 Å². The van der Waals surface area contributed by atoms with E-state index in [1.54, 1.807) is 18.2 Å². The summed E-state index contributed by atoms with van der Waals surface area (Å²) in [6.07, 6.45) is 1.41. The van der Waals surface area contributed by atoms with Gasteiger partial charge in [-0.25, -0.2) is 4.39 Å². The van der Waals surface area contributed by atoms with Crippen LogP contribution in [-0.2, 0) is 4.79 Å². The summed E-state index contributed by atoms with van der Waals surface area (Å²) in [5.41, 5.74) is 1.11. The fraction of sp³-hybridized carbons (Fsp3) is 0. The molecular formula is C16H10BrFN2O. The average molecular weight is 345 g/mol. The molecule has 0 aromatic heterocycles. The molecule has 0 fully saturated rings. The molecular weight excluding hydrogens is 335 g/mol. The SMILES string of the molecule is N#C/C(=C\c1ccc(F)cc1)C(=O)Nc1cccc(Br)c1. The van der Waals surface area contributed by atoms with Gasteiger partial charge in [0.25, 0.3) is 5.91 Å². The van der Waals surface area contributed by atoms with E-state index in [4.69, 9.17) is 5.26 Å². The highest BCUT2D eigenvalue weighted by atomic mass is 79.9. The van der Waals surface area contributed by atoms with E-state index in [9.17, 15) is 9.18 Å². The summed E-state index contributed by atoms with van der Waals surface area (Å²) in [7, 11) is 0. The lowest BCUT2D eigenvalue weighted by atomic mass is 10.1. The first kappa shape index (κ1) is 14.9. The molecule has 2 aromatic rings. The molecule has 21 heavy (non-hydrogen) atoms. The molecule has 3 nitrogen and oxygen atoms in total. The van der Waals surface area contributed by atoms with Crippen LogP contribution in [0.5, 0.6) is 0 Å². The van der Waals surface area contributed by atoms with Gasteiger partial charge in [0.1, 0.15) is 17.5 Å². The van der Waals surface area contributed by atoms with Crippen molar-refractivity contribution in [1.29, 1.82) is 5.26 Å². The van der Waals surface area contributed by atoms with Gasteiger partial charge in [0, 0.05) is 10.2 Å². The fourth-order valence-electron chi connectivity index (χ4n) is 1.64. The molecule has 1 amide bonds. The van der Waals surface area contributed by atoms with E-state index in [1.807, 2.05) is 12.1 Å². The summed E-state index contributed by atoms with van der Waals surface area (Å²) >= 11 is 3.30. The second-order valence-electron chi connectivity index (χ2n) is 4.19. The Hall–Kier alpha value is -2.45. The lowest BCUT2D eigenvalue weighted by Gasteiger charge is -2.04. The maximum atomic E-state index is 12.8. The first-order chi connectivity index (χ1) is 10.1. The first-order valence-electron chi connectivity index (χ1n) is 6.03. The molecule has 0 saturated carbocycles. The largest absolute Gasteiger partial charge is 0.321 e. The highest BCUT2D eigenvalue weighted by Crippen LogP contribution is 2.17. The van der Waals surface area contributed by atoms with Crippen molar-refractivity contribution in [3.8, 4) is 6.07 Å². The number of nitrogens with one attached hydrogen (secondary N) is 1. The normalized spacial score (nSPS) is 10.8. The van der Waals surface area contributed by atoms with E-state index in [-0.39, 0.29) is 11.4 Å². The second kappa shape index (κ2) is 6.82. The fourth-order valence-corrected chi connectivity index (χ4v) is 2.04. The van der Waals surface area contributed by atoms with Crippen LogP contribution in [0.4, 0.5) is 10.1 Å². The van der Waals surface area contributed by atoms with Gasteiger partial charge in [0.05, 0.1) is 0 Å². The van der Waals surface area contributed by atoms with Crippen molar-refractivity contribution in [2.24, 2.45) is 0 Å². The van der Waals surface area contributed by atoms with E-state index in [0.29, 0.717) is 11.3 Å². The summed E-state index contributed by atoms with van der Waals surface area (Å²) in [5, 5.41) is 11.7. The van der Waals surface area contributed by atoms with Gasteiger partial charge in [-0.3, -0.25) is 4.79 Å². The molecule has 0 aliphatic rings. The molecule has 0 spiro atoms. The maximum Gasteiger partial charge on any atom is 0.266 e. The summed E-state index contributed by atoms with van der Waals surface area (Å²) in [6, 6.07) is 14.4. The minimum atomic E-state index is -0.514. The average Bonchev–Trinajstić information content (AvgIpc) is 2.46. The van der Waals surface area contributed by atoms with Crippen LogP contribution in [0.3, 0.4) is 0 Å². The molecule has 0 atom stereocenters. The molecule has 0 aliphatic heterocycles. The summed E-state index contributed by atoms with van der Waals surface area (Å²) in [5.74, 6) is -0.885. The topological polar surface area (TPSA) is 52.9 Å². The molecule has 5 heteroatoms. The number of carbonyl (C=O) groups is 1. The molecule has 0 unspecified atom stereocenters. The number of halogens is 2.